The first-order chi connectivity index (χ1) is 7.07. The third-order valence-corrected chi connectivity index (χ3v) is 4.49. The maximum Gasteiger partial charge on any atom is 0.211 e. The summed E-state index contributed by atoms with van der Waals surface area (Å²) in [5.41, 5.74) is 0. The van der Waals surface area contributed by atoms with Gasteiger partial charge in [-0.15, -0.1) is 0 Å². The Balaban J connectivity index is 2.35. The largest absolute Gasteiger partial charge is 0.303 e. The topological polar surface area (TPSA) is 49.4 Å². The molecule has 4 nitrogen and oxygen atoms in total. The summed E-state index contributed by atoms with van der Waals surface area (Å²) in [7, 11) is -3.02. The van der Waals surface area contributed by atoms with Gasteiger partial charge in [0.15, 0.2) is 0 Å². The Kier molecular flexibility index (Phi) is 5.02. The molecule has 0 unspecified atom stereocenters. The van der Waals surface area contributed by atoms with Crippen molar-refractivity contribution in [1.82, 2.24) is 9.62 Å². The lowest BCUT2D eigenvalue weighted by atomic mass is 10.1. The number of hydrogen-bond acceptors (Lipinski definition) is 3. The molecule has 5 heteroatoms. The molecule has 90 valence electrons. The summed E-state index contributed by atoms with van der Waals surface area (Å²) in [4.78, 5) is 2.35. The molecule has 0 bridgehead atoms. The van der Waals surface area contributed by atoms with E-state index in [4.69, 9.17) is 0 Å². The molecular weight excluding hydrogens is 212 g/mol. The zero-order chi connectivity index (χ0) is 11.3. The lowest BCUT2D eigenvalue weighted by Gasteiger charge is -2.31. The van der Waals surface area contributed by atoms with Gasteiger partial charge in [0, 0.05) is 6.04 Å². The summed E-state index contributed by atoms with van der Waals surface area (Å²) in [6.45, 7) is 7.11. The highest BCUT2D eigenvalue weighted by atomic mass is 32.2. The number of hydrogen-bond donors (Lipinski definition) is 1. The van der Waals surface area contributed by atoms with Gasteiger partial charge in [-0.2, -0.15) is 0 Å². The Hall–Kier alpha value is -0.130. The molecule has 0 aromatic heterocycles. The van der Waals surface area contributed by atoms with E-state index in [0.29, 0.717) is 6.42 Å². The zero-order valence-electron chi connectivity index (χ0n) is 9.70. The zero-order valence-corrected chi connectivity index (χ0v) is 10.5. The number of nitrogens with zero attached hydrogens (tertiary/aromatic N) is 1. The first-order valence-corrected chi connectivity index (χ1v) is 7.45. The molecule has 0 atom stereocenters. The Morgan fingerprint density at radius 2 is 1.87 bits per heavy atom. The monoisotopic (exact) mass is 234 g/mol. The molecule has 1 N–H and O–H groups in total. The van der Waals surface area contributed by atoms with E-state index in [1.807, 2.05) is 6.92 Å². The van der Waals surface area contributed by atoms with Crippen molar-refractivity contribution < 1.29 is 8.42 Å². The van der Waals surface area contributed by atoms with Gasteiger partial charge in [-0.25, -0.2) is 13.1 Å². The molecule has 1 aliphatic heterocycles. The third kappa shape index (κ3) is 4.49. The van der Waals surface area contributed by atoms with Crippen LogP contribution in [0.3, 0.4) is 0 Å². The van der Waals surface area contributed by atoms with Gasteiger partial charge >= 0.3 is 0 Å². The van der Waals surface area contributed by atoms with Crippen molar-refractivity contribution in [1.29, 1.82) is 0 Å². The summed E-state index contributed by atoms with van der Waals surface area (Å²) in [6.07, 6.45) is 2.57. The van der Waals surface area contributed by atoms with Gasteiger partial charge in [-0.1, -0.05) is 13.8 Å². The van der Waals surface area contributed by atoms with E-state index in [0.717, 1.165) is 32.5 Å². The highest BCUT2D eigenvalue weighted by molar-refractivity contribution is 7.89. The fourth-order valence-corrected chi connectivity index (χ4v) is 3.35. The van der Waals surface area contributed by atoms with Crippen molar-refractivity contribution in [2.24, 2.45) is 0 Å². The molecule has 1 aliphatic rings. The number of piperidine rings is 1. The van der Waals surface area contributed by atoms with Crippen molar-refractivity contribution in [3.05, 3.63) is 0 Å². The maximum atomic E-state index is 11.5. The van der Waals surface area contributed by atoms with E-state index in [1.165, 1.54) is 0 Å². The van der Waals surface area contributed by atoms with Crippen molar-refractivity contribution in [2.75, 3.05) is 25.4 Å². The Bertz CT molecular complexity index is 269. The van der Waals surface area contributed by atoms with Crippen LogP contribution in [0, 0.1) is 0 Å². The predicted octanol–water partition coefficient (Wildman–Crippen LogP) is 0.800. The molecule has 1 heterocycles. The smallest absolute Gasteiger partial charge is 0.211 e. The number of likely N-dealkylation sites (tertiary alicyclic amines) is 1. The minimum Gasteiger partial charge on any atom is -0.303 e. The number of rotatable bonds is 5. The lowest BCUT2D eigenvalue weighted by Crippen LogP contribution is -2.45. The van der Waals surface area contributed by atoms with Crippen LogP contribution in [0.25, 0.3) is 0 Å². The van der Waals surface area contributed by atoms with Gasteiger partial charge in [-0.3, -0.25) is 0 Å². The molecule has 0 amide bonds. The Morgan fingerprint density at radius 3 is 2.33 bits per heavy atom. The van der Waals surface area contributed by atoms with Gasteiger partial charge in [0.2, 0.25) is 10.0 Å². The first-order valence-electron chi connectivity index (χ1n) is 5.79. The summed E-state index contributed by atoms with van der Waals surface area (Å²) >= 11 is 0. The van der Waals surface area contributed by atoms with E-state index in [-0.39, 0.29) is 11.8 Å². The number of nitrogens with one attached hydrogen (secondary N) is 1. The van der Waals surface area contributed by atoms with Gasteiger partial charge in [0.05, 0.1) is 5.75 Å². The normalized spacial score (nSPS) is 20.7. The van der Waals surface area contributed by atoms with Crippen molar-refractivity contribution in [3.8, 4) is 0 Å². The van der Waals surface area contributed by atoms with Gasteiger partial charge < -0.3 is 4.90 Å². The van der Waals surface area contributed by atoms with Gasteiger partial charge in [0.25, 0.3) is 0 Å². The highest BCUT2D eigenvalue weighted by Gasteiger charge is 2.21. The summed E-state index contributed by atoms with van der Waals surface area (Å²) < 4.78 is 25.8. The molecular formula is C10H22N2O2S. The van der Waals surface area contributed by atoms with Crippen molar-refractivity contribution >= 4 is 10.0 Å². The van der Waals surface area contributed by atoms with Crippen LogP contribution in [-0.2, 0) is 10.0 Å². The van der Waals surface area contributed by atoms with Crippen LogP contribution < -0.4 is 4.72 Å². The van der Waals surface area contributed by atoms with Crippen LogP contribution in [0.1, 0.15) is 33.1 Å². The van der Waals surface area contributed by atoms with E-state index in [2.05, 4.69) is 16.5 Å². The average Bonchev–Trinajstić information content (AvgIpc) is 2.18. The van der Waals surface area contributed by atoms with Crippen LogP contribution in [0.4, 0.5) is 0 Å². The van der Waals surface area contributed by atoms with Crippen LogP contribution in [-0.4, -0.2) is 44.7 Å². The van der Waals surface area contributed by atoms with E-state index >= 15 is 0 Å². The Morgan fingerprint density at radius 1 is 1.27 bits per heavy atom. The molecule has 0 radical (unpaired) electrons. The minimum absolute atomic E-state index is 0.157. The van der Waals surface area contributed by atoms with Gasteiger partial charge in [0.1, 0.15) is 0 Å². The van der Waals surface area contributed by atoms with E-state index < -0.39 is 10.0 Å². The molecule has 0 spiro atoms. The van der Waals surface area contributed by atoms with E-state index in [9.17, 15) is 8.42 Å². The SMILES string of the molecule is CCCS(=O)(=O)NC1CCN(CC)CC1. The van der Waals surface area contributed by atoms with Crippen LogP contribution >= 0.6 is 0 Å². The standard InChI is InChI=1S/C10H22N2O2S/c1-3-9-15(13,14)11-10-5-7-12(4-2)8-6-10/h10-11H,3-9H2,1-2H3. The van der Waals surface area contributed by atoms with Crippen molar-refractivity contribution in [3.63, 3.8) is 0 Å². The summed E-state index contributed by atoms with van der Waals surface area (Å²) in [5.74, 6) is 0.251. The molecule has 0 aromatic rings. The van der Waals surface area contributed by atoms with Gasteiger partial charge in [-0.05, 0) is 38.9 Å². The first kappa shape index (κ1) is 12.9. The number of sulfonamides is 1. The molecule has 0 aromatic carbocycles. The van der Waals surface area contributed by atoms with E-state index in [1.54, 1.807) is 0 Å². The van der Waals surface area contributed by atoms with Crippen LogP contribution in [0.15, 0.2) is 0 Å². The molecule has 0 aliphatic carbocycles. The molecule has 1 saturated heterocycles. The second kappa shape index (κ2) is 5.82. The lowest BCUT2D eigenvalue weighted by molar-refractivity contribution is 0.217. The molecule has 0 saturated carbocycles. The predicted molar refractivity (Wildman–Crippen MR) is 62.3 cm³/mol. The average molecular weight is 234 g/mol. The van der Waals surface area contributed by atoms with Crippen molar-refractivity contribution in [2.45, 2.75) is 39.2 Å². The molecule has 1 rings (SSSR count). The summed E-state index contributed by atoms with van der Waals surface area (Å²) in [6, 6.07) is 0.157. The maximum absolute atomic E-state index is 11.5. The van der Waals surface area contributed by atoms with Crippen LogP contribution in [0.2, 0.25) is 0 Å². The molecule has 1 fully saturated rings. The second-order valence-electron chi connectivity index (χ2n) is 4.15. The Labute approximate surface area is 93.1 Å². The fraction of sp³-hybridized carbons (Fsp3) is 1.00. The summed E-state index contributed by atoms with van der Waals surface area (Å²) in [5, 5.41) is 0. The second-order valence-corrected chi connectivity index (χ2v) is 6.02. The fourth-order valence-electron chi connectivity index (χ4n) is 1.95. The third-order valence-electron chi connectivity index (χ3n) is 2.85. The molecule has 15 heavy (non-hydrogen) atoms. The quantitative estimate of drug-likeness (QED) is 0.765. The minimum atomic E-state index is -3.02. The highest BCUT2D eigenvalue weighted by Crippen LogP contribution is 2.10. The van der Waals surface area contributed by atoms with Crippen LogP contribution in [0.5, 0.6) is 0 Å².